The zero-order valence-electron chi connectivity index (χ0n) is 13.3. The van der Waals surface area contributed by atoms with Crippen molar-refractivity contribution in [3.05, 3.63) is 35.4 Å². The Morgan fingerprint density at radius 1 is 1.38 bits per heavy atom. The summed E-state index contributed by atoms with van der Waals surface area (Å²) in [5.41, 5.74) is 2.68. The maximum Gasteiger partial charge on any atom is 0.248 e. The number of nitrogens with one attached hydrogen (secondary N) is 1. The van der Waals surface area contributed by atoms with E-state index in [-0.39, 0.29) is 12.5 Å². The van der Waals surface area contributed by atoms with Gasteiger partial charge in [0.15, 0.2) is 0 Å². The van der Waals surface area contributed by atoms with Crippen molar-refractivity contribution in [2.45, 2.75) is 38.8 Å². The van der Waals surface area contributed by atoms with E-state index in [0.29, 0.717) is 12.1 Å². The highest BCUT2D eigenvalue weighted by atomic mass is 16.5. The first-order chi connectivity index (χ1) is 10.1. The van der Waals surface area contributed by atoms with Crippen LogP contribution >= 0.6 is 0 Å². The van der Waals surface area contributed by atoms with Gasteiger partial charge in [-0.3, -0.25) is 4.79 Å². The van der Waals surface area contributed by atoms with E-state index in [1.54, 1.807) is 7.11 Å². The van der Waals surface area contributed by atoms with Crippen molar-refractivity contribution in [3.8, 4) is 0 Å². The van der Waals surface area contributed by atoms with Gasteiger partial charge in [-0.15, -0.1) is 0 Å². The Morgan fingerprint density at radius 3 is 2.67 bits per heavy atom. The molecule has 0 radical (unpaired) electrons. The number of nitrogens with zero attached hydrogens (tertiary/aromatic N) is 1. The number of likely N-dealkylation sites (tertiary alicyclic amines) is 1. The SMILES string of the molecule is COCC(=O)N1CCC(NC(C)c2ccccc2C)CC1. The standard InChI is InChI=1S/C17H26N2O2/c1-13-6-4-5-7-16(13)14(2)18-15-8-10-19(11-9-15)17(20)12-21-3/h4-7,14-15,18H,8-12H2,1-3H3. The van der Waals surface area contributed by atoms with Crippen molar-refractivity contribution in [1.29, 1.82) is 0 Å². The summed E-state index contributed by atoms with van der Waals surface area (Å²) in [4.78, 5) is 13.7. The second-order valence-corrected chi connectivity index (χ2v) is 5.83. The van der Waals surface area contributed by atoms with Crippen LogP contribution < -0.4 is 5.32 Å². The van der Waals surface area contributed by atoms with Gasteiger partial charge in [0, 0.05) is 32.3 Å². The second-order valence-electron chi connectivity index (χ2n) is 5.83. The van der Waals surface area contributed by atoms with Gasteiger partial charge in [-0.2, -0.15) is 0 Å². The molecule has 1 saturated heterocycles. The summed E-state index contributed by atoms with van der Waals surface area (Å²) in [5.74, 6) is 0.0999. The van der Waals surface area contributed by atoms with Crippen LogP contribution in [0.4, 0.5) is 0 Å². The molecule has 116 valence electrons. The topological polar surface area (TPSA) is 41.6 Å². The lowest BCUT2D eigenvalue weighted by atomic mass is 9.99. The summed E-state index contributed by atoms with van der Waals surface area (Å²) < 4.78 is 4.91. The molecule has 0 saturated carbocycles. The molecule has 1 atom stereocenters. The van der Waals surface area contributed by atoms with Crippen molar-refractivity contribution >= 4 is 5.91 Å². The molecule has 2 rings (SSSR count). The number of hydrogen-bond acceptors (Lipinski definition) is 3. The maximum absolute atomic E-state index is 11.8. The smallest absolute Gasteiger partial charge is 0.248 e. The predicted octanol–water partition coefficient (Wildman–Crippen LogP) is 2.28. The van der Waals surface area contributed by atoms with Crippen molar-refractivity contribution in [1.82, 2.24) is 10.2 Å². The van der Waals surface area contributed by atoms with E-state index >= 15 is 0 Å². The molecular formula is C17H26N2O2. The van der Waals surface area contributed by atoms with Crippen molar-refractivity contribution in [2.75, 3.05) is 26.8 Å². The van der Waals surface area contributed by atoms with Crippen LogP contribution in [0.1, 0.15) is 36.9 Å². The molecule has 4 heteroatoms. The van der Waals surface area contributed by atoms with Crippen LogP contribution in [-0.2, 0) is 9.53 Å². The number of piperidine rings is 1. The van der Waals surface area contributed by atoms with Crippen LogP contribution in [0.15, 0.2) is 24.3 Å². The third-order valence-electron chi connectivity index (χ3n) is 4.26. The van der Waals surface area contributed by atoms with E-state index < -0.39 is 0 Å². The fourth-order valence-electron chi connectivity index (χ4n) is 3.03. The number of hydrogen-bond donors (Lipinski definition) is 1. The lowest BCUT2D eigenvalue weighted by Crippen LogP contribution is -2.46. The minimum atomic E-state index is 0.0999. The highest BCUT2D eigenvalue weighted by molar-refractivity contribution is 5.77. The number of benzene rings is 1. The minimum absolute atomic E-state index is 0.0999. The Labute approximate surface area is 127 Å². The molecule has 4 nitrogen and oxygen atoms in total. The molecule has 1 aliphatic rings. The first kappa shape index (κ1) is 16.0. The van der Waals surface area contributed by atoms with Crippen LogP contribution in [0.25, 0.3) is 0 Å². The Hall–Kier alpha value is -1.39. The van der Waals surface area contributed by atoms with Gasteiger partial charge in [-0.1, -0.05) is 24.3 Å². The summed E-state index contributed by atoms with van der Waals surface area (Å²) in [6.45, 7) is 6.20. The summed E-state index contributed by atoms with van der Waals surface area (Å²) in [6.07, 6.45) is 2.01. The van der Waals surface area contributed by atoms with Gasteiger partial charge in [0.2, 0.25) is 5.91 Å². The molecular weight excluding hydrogens is 264 g/mol. The van der Waals surface area contributed by atoms with Gasteiger partial charge in [0.25, 0.3) is 0 Å². The van der Waals surface area contributed by atoms with Crippen LogP contribution in [-0.4, -0.2) is 43.7 Å². The van der Waals surface area contributed by atoms with Gasteiger partial charge in [0.1, 0.15) is 6.61 Å². The fourth-order valence-corrected chi connectivity index (χ4v) is 3.03. The number of amides is 1. The summed E-state index contributed by atoms with van der Waals surface area (Å²) >= 11 is 0. The molecule has 0 spiro atoms. The quantitative estimate of drug-likeness (QED) is 0.904. The number of aryl methyl sites for hydroxylation is 1. The third-order valence-corrected chi connectivity index (χ3v) is 4.26. The first-order valence-electron chi connectivity index (χ1n) is 7.70. The van der Waals surface area contributed by atoms with Crippen LogP contribution in [0, 0.1) is 6.92 Å². The predicted molar refractivity (Wildman–Crippen MR) is 84.2 cm³/mol. The molecule has 0 aromatic heterocycles. The second kappa shape index (κ2) is 7.57. The molecule has 1 fully saturated rings. The molecule has 1 heterocycles. The lowest BCUT2D eigenvalue weighted by molar-refractivity contribution is -0.136. The monoisotopic (exact) mass is 290 g/mol. The maximum atomic E-state index is 11.8. The van der Waals surface area contributed by atoms with Gasteiger partial charge in [-0.05, 0) is 37.8 Å². The van der Waals surface area contributed by atoms with E-state index in [1.807, 2.05) is 4.90 Å². The number of carbonyl (C=O) groups is 1. The van der Waals surface area contributed by atoms with E-state index in [0.717, 1.165) is 25.9 Å². The number of methoxy groups -OCH3 is 1. The third kappa shape index (κ3) is 4.29. The zero-order valence-corrected chi connectivity index (χ0v) is 13.3. The van der Waals surface area contributed by atoms with E-state index in [1.165, 1.54) is 11.1 Å². The van der Waals surface area contributed by atoms with Crippen LogP contribution in [0.3, 0.4) is 0 Å². The molecule has 1 aromatic rings. The fraction of sp³-hybridized carbons (Fsp3) is 0.588. The van der Waals surface area contributed by atoms with Crippen LogP contribution in [0.5, 0.6) is 0 Å². The normalized spacial score (nSPS) is 17.8. The Balaban J connectivity index is 1.83. The summed E-state index contributed by atoms with van der Waals surface area (Å²) in [6, 6.07) is 9.32. The Bertz CT molecular complexity index is 468. The molecule has 1 aromatic carbocycles. The van der Waals surface area contributed by atoms with Gasteiger partial charge < -0.3 is 15.0 Å². The minimum Gasteiger partial charge on any atom is -0.375 e. The van der Waals surface area contributed by atoms with E-state index in [2.05, 4.69) is 43.4 Å². The molecule has 0 bridgehead atoms. The average molecular weight is 290 g/mol. The molecule has 0 aliphatic carbocycles. The Morgan fingerprint density at radius 2 is 2.05 bits per heavy atom. The van der Waals surface area contributed by atoms with Crippen molar-refractivity contribution in [3.63, 3.8) is 0 Å². The summed E-state index contributed by atoms with van der Waals surface area (Å²) in [7, 11) is 1.57. The summed E-state index contributed by atoms with van der Waals surface area (Å²) in [5, 5.41) is 3.70. The van der Waals surface area contributed by atoms with Crippen molar-refractivity contribution in [2.24, 2.45) is 0 Å². The highest BCUT2D eigenvalue weighted by Gasteiger charge is 2.23. The first-order valence-corrected chi connectivity index (χ1v) is 7.70. The van der Waals surface area contributed by atoms with Crippen LogP contribution in [0.2, 0.25) is 0 Å². The average Bonchev–Trinajstić information content (AvgIpc) is 2.48. The van der Waals surface area contributed by atoms with Gasteiger partial charge in [0.05, 0.1) is 0 Å². The molecule has 1 aliphatic heterocycles. The van der Waals surface area contributed by atoms with Crippen molar-refractivity contribution < 1.29 is 9.53 Å². The molecule has 21 heavy (non-hydrogen) atoms. The number of rotatable bonds is 5. The molecule has 1 unspecified atom stereocenters. The van der Waals surface area contributed by atoms with E-state index in [4.69, 9.17) is 4.74 Å². The lowest BCUT2D eigenvalue weighted by Gasteiger charge is -2.34. The molecule has 1 N–H and O–H groups in total. The number of carbonyl (C=O) groups excluding carboxylic acids is 1. The van der Waals surface area contributed by atoms with E-state index in [9.17, 15) is 4.79 Å². The van der Waals surface area contributed by atoms with Gasteiger partial charge in [-0.25, -0.2) is 0 Å². The number of ether oxygens (including phenoxy) is 1. The molecule has 1 amide bonds. The largest absolute Gasteiger partial charge is 0.375 e. The zero-order chi connectivity index (χ0) is 15.2. The Kier molecular flexibility index (Phi) is 5.76. The van der Waals surface area contributed by atoms with Gasteiger partial charge >= 0.3 is 0 Å². The highest BCUT2D eigenvalue weighted by Crippen LogP contribution is 2.20.